The summed E-state index contributed by atoms with van der Waals surface area (Å²) in [6.07, 6.45) is 4.28. The number of carbonyl (C=O) groups excluding carboxylic acids is 1. The molecular formula is C16H25N3O. The second-order valence-corrected chi connectivity index (χ2v) is 6.13. The third-order valence-corrected chi connectivity index (χ3v) is 4.14. The van der Waals surface area contributed by atoms with Crippen LogP contribution in [0.4, 0.5) is 10.5 Å². The maximum Gasteiger partial charge on any atom is 0.319 e. The van der Waals surface area contributed by atoms with Gasteiger partial charge in [-0.2, -0.15) is 0 Å². The Labute approximate surface area is 121 Å². The van der Waals surface area contributed by atoms with Crippen LogP contribution in [0.15, 0.2) is 24.3 Å². The second-order valence-electron chi connectivity index (χ2n) is 6.13. The van der Waals surface area contributed by atoms with Crippen LogP contribution < -0.4 is 16.4 Å². The lowest BCUT2D eigenvalue weighted by Gasteiger charge is -2.39. The zero-order chi connectivity index (χ0) is 14.6. The first kappa shape index (κ1) is 14.9. The van der Waals surface area contributed by atoms with E-state index in [0.29, 0.717) is 12.5 Å². The van der Waals surface area contributed by atoms with Crippen LogP contribution in [-0.4, -0.2) is 18.1 Å². The van der Waals surface area contributed by atoms with Gasteiger partial charge in [0.1, 0.15) is 0 Å². The van der Waals surface area contributed by atoms with Crippen molar-refractivity contribution in [3.8, 4) is 0 Å². The molecule has 2 amide bonds. The van der Waals surface area contributed by atoms with E-state index in [2.05, 4.69) is 17.6 Å². The van der Waals surface area contributed by atoms with E-state index in [1.807, 2.05) is 31.2 Å². The Hall–Kier alpha value is -1.55. The van der Waals surface area contributed by atoms with Crippen LogP contribution in [0, 0.1) is 12.8 Å². The molecule has 1 aromatic rings. The van der Waals surface area contributed by atoms with Gasteiger partial charge < -0.3 is 16.4 Å². The van der Waals surface area contributed by atoms with Gasteiger partial charge in [-0.1, -0.05) is 31.9 Å². The molecule has 4 N–H and O–H groups in total. The number of nitrogens with one attached hydrogen (secondary N) is 2. The number of nitrogens with two attached hydrogens (primary N) is 1. The van der Waals surface area contributed by atoms with E-state index in [1.165, 1.54) is 6.42 Å². The lowest BCUT2D eigenvalue weighted by Crippen LogP contribution is -2.57. The standard InChI is InChI=1S/C16H25N3O/c1-12-5-3-7-14(9-12)18-15(20)19-16(11-17)8-4-6-13(2)10-16/h3,5,7,9,13H,4,6,8,10-11,17H2,1-2H3,(H2,18,19,20). The monoisotopic (exact) mass is 275 g/mol. The van der Waals surface area contributed by atoms with Gasteiger partial charge in [0.15, 0.2) is 0 Å². The smallest absolute Gasteiger partial charge is 0.319 e. The molecule has 0 aliphatic heterocycles. The molecule has 1 fully saturated rings. The number of amides is 2. The summed E-state index contributed by atoms with van der Waals surface area (Å²) < 4.78 is 0. The van der Waals surface area contributed by atoms with Crippen molar-refractivity contribution in [2.75, 3.05) is 11.9 Å². The molecule has 20 heavy (non-hydrogen) atoms. The Morgan fingerprint density at radius 2 is 2.30 bits per heavy atom. The molecule has 0 bridgehead atoms. The van der Waals surface area contributed by atoms with Crippen LogP contribution in [0.2, 0.25) is 0 Å². The maximum absolute atomic E-state index is 12.2. The number of aryl methyl sites for hydroxylation is 1. The molecule has 110 valence electrons. The average Bonchev–Trinajstić information content (AvgIpc) is 2.38. The highest BCUT2D eigenvalue weighted by atomic mass is 16.2. The van der Waals surface area contributed by atoms with Crippen molar-refractivity contribution in [1.29, 1.82) is 0 Å². The molecule has 2 unspecified atom stereocenters. The molecule has 2 rings (SSSR count). The molecule has 0 aromatic heterocycles. The van der Waals surface area contributed by atoms with Crippen molar-refractivity contribution < 1.29 is 4.79 Å². The molecule has 4 nitrogen and oxygen atoms in total. The Morgan fingerprint density at radius 1 is 1.50 bits per heavy atom. The van der Waals surface area contributed by atoms with Gasteiger partial charge in [0, 0.05) is 12.2 Å². The molecule has 1 saturated carbocycles. The zero-order valence-corrected chi connectivity index (χ0v) is 12.4. The van der Waals surface area contributed by atoms with Crippen molar-refractivity contribution >= 4 is 11.7 Å². The van der Waals surface area contributed by atoms with Crippen LogP contribution in [0.1, 0.15) is 38.2 Å². The summed E-state index contributed by atoms with van der Waals surface area (Å²) in [5, 5.41) is 6.00. The third kappa shape index (κ3) is 3.73. The van der Waals surface area contributed by atoms with Crippen LogP contribution in [-0.2, 0) is 0 Å². The Morgan fingerprint density at radius 3 is 2.95 bits per heavy atom. The number of hydrogen-bond donors (Lipinski definition) is 3. The summed E-state index contributed by atoms with van der Waals surface area (Å²) in [4.78, 5) is 12.2. The highest BCUT2D eigenvalue weighted by molar-refractivity contribution is 5.89. The minimum Gasteiger partial charge on any atom is -0.331 e. The summed E-state index contributed by atoms with van der Waals surface area (Å²) >= 11 is 0. The average molecular weight is 275 g/mol. The first-order valence-corrected chi connectivity index (χ1v) is 7.39. The number of benzene rings is 1. The molecule has 1 aliphatic rings. The summed E-state index contributed by atoms with van der Waals surface area (Å²) in [7, 11) is 0. The molecule has 4 heteroatoms. The van der Waals surface area contributed by atoms with E-state index in [1.54, 1.807) is 0 Å². The summed E-state index contributed by atoms with van der Waals surface area (Å²) in [5.41, 5.74) is 7.62. The molecule has 0 saturated heterocycles. The van der Waals surface area contributed by atoms with Crippen molar-refractivity contribution in [3.63, 3.8) is 0 Å². The molecule has 0 spiro atoms. The van der Waals surface area contributed by atoms with E-state index < -0.39 is 0 Å². The number of anilines is 1. The van der Waals surface area contributed by atoms with Crippen molar-refractivity contribution in [2.45, 2.75) is 45.1 Å². The lowest BCUT2D eigenvalue weighted by molar-refractivity contribution is 0.191. The minimum absolute atomic E-state index is 0.157. The zero-order valence-electron chi connectivity index (χ0n) is 12.4. The van der Waals surface area contributed by atoms with Gasteiger partial charge in [-0.15, -0.1) is 0 Å². The van der Waals surface area contributed by atoms with E-state index in [9.17, 15) is 4.79 Å². The van der Waals surface area contributed by atoms with E-state index in [-0.39, 0.29) is 11.6 Å². The van der Waals surface area contributed by atoms with Crippen LogP contribution >= 0.6 is 0 Å². The topological polar surface area (TPSA) is 67.2 Å². The second kappa shape index (κ2) is 6.27. The predicted molar refractivity (Wildman–Crippen MR) is 82.8 cm³/mol. The van der Waals surface area contributed by atoms with Crippen molar-refractivity contribution in [3.05, 3.63) is 29.8 Å². The number of carbonyl (C=O) groups is 1. The first-order valence-electron chi connectivity index (χ1n) is 7.39. The normalized spacial score (nSPS) is 26.1. The largest absolute Gasteiger partial charge is 0.331 e. The molecule has 1 aromatic carbocycles. The SMILES string of the molecule is Cc1cccc(NC(=O)NC2(CN)CCCC(C)C2)c1. The molecule has 0 heterocycles. The minimum atomic E-state index is -0.244. The number of urea groups is 1. The van der Waals surface area contributed by atoms with E-state index >= 15 is 0 Å². The third-order valence-electron chi connectivity index (χ3n) is 4.14. The summed E-state index contributed by atoms with van der Waals surface area (Å²) in [6, 6.07) is 7.64. The van der Waals surface area contributed by atoms with Crippen molar-refractivity contribution in [2.24, 2.45) is 11.7 Å². The predicted octanol–water partition coefficient (Wildman–Crippen LogP) is 3.02. The molecular weight excluding hydrogens is 250 g/mol. The molecule has 1 aliphatic carbocycles. The van der Waals surface area contributed by atoms with E-state index in [0.717, 1.165) is 30.5 Å². The number of rotatable bonds is 3. The highest BCUT2D eigenvalue weighted by Gasteiger charge is 2.35. The van der Waals surface area contributed by atoms with Crippen LogP contribution in [0.5, 0.6) is 0 Å². The quantitative estimate of drug-likeness (QED) is 0.793. The maximum atomic E-state index is 12.2. The van der Waals surface area contributed by atoms with Gasteiger partial charge in [0.25, 0.3) is 0 Å². The highest BCUT2D eigenvalue weighted by Crippen LogP contribution is 2.31. The van der Waals surface area contributed by atoms with Crippen LogP contribution in [0.3, 0.4) is 0 Å². The Kier molecular flexibility index (Phi) is 4.65. The van der Waals surface area contributed by atoms with Gasteiger partial charge in [0.2, 0.25) is 0 Å². The molecule has 2 atom stereocenters. The Bertz CT molecular complexity index is 475. The fourth-order valence-corrected chi connectivity index (χ4v) is 3.14. The number of hydrogen-bond acceptors (Lipinski definition) is 2. The van der Waals surface area contributed by atoms with Crippen LogP contribution in [0.25, 0.3) is 0 Å². The van der Waals surface area contributed by atoms with Gasteiger partial charge in [-0.3, -0.25) is 0 Å². The summed E-state index contributed by atoms with van der Waals surface area (Å²) in [6.45, 7) is 4.73. The summed E-state index contributed by atoms with van der Waals surface area (Å²) in [5.74, 6) is 0.617. The molecule has 0 radical (unpaired) electrons. The van der Waals surface area contributed by atoms with E-state index in [4.69, 9.17) is 5.73 Å². The van der Waals surface area contributed by atoms with Gasteiger partial charge in [0.05, 0.1) is 5.54 Å². The van der Waals surface area contributed by atoms with Gasteiger partial charge >= 0.3 is 6.03 Å². The lowest BCUT2D eigenvalue weighted by atomic mass is 9.76. The Balaban J connectivity index is 1.99. The van der Waals surface area contributed by atoms with Gasteiger partial charge in [-0.25, -0.2) is 4.79 Å². The fraction of sp³-hybridized carbons (Fsp3) is 0.562. The fourth-order valence-electron chi connectivity index (χ4n) is 3.14. The first-order chi connectivity index (χ1) is 9.53. The van der Waals surface area contributed by atoms with Crippen molar-refractivity contribution in [1.82, 2.24) is 5.32 Å². The van der Waals surface area contributed by atoms with Gasteiger partial charge in [-0.05, 0) is 43.4 Å².